The van der Waals surface area contributed by atoms with Crippen LogP contribution in [0.1, 0.15) is 12.5 Å². The van der Waals surface area contributed by atoms with Crippen LogP contribution in [0, 0.1) is 0 Å². The van der Waals surface area contributed by atoms with Crippen LogP contribution >= 0.6 is 27.7 Å². The minimum Gasteiger partial charge on any atom is -0.493 e. The fourth-order valence-electron chi connectivity index (χ4n) is 1.60. The second-order valence-electron chi connectivity index (χ2n) is 3.94. The molecule has 1 aliphatic rings. The molecule has 112 valence electrons. The van der Waals surface area contributed by atoms with Crippen molar-refractivity contribution in [2.75, 3.05) is 19.5 Å². The molecular formula is C13H14BrN3O3S. The highest BCUT2D eigenvalue weighted by Gasteiger charge is 2.16. The Morgan fingerprint density at radius 1 is 1.48 bits per heavy atom. The Hall–Kier alpha value is -1.54. The highest BCUT2D eigenvalue weighted by atomic mass is 79.9. The van der Waals surface area contributed by atoms with E-state index in [1.54, 1.807) is 19.4 Å². The van der Waals surface area contributed by atoms with Gasteiger partial charge in [0.25, 0.3) is 0 Å². The van der Waals surface area contributed by atoms with Gasteiger partial charge in [0.1, 0.15) is 0 Å². The van der Waals surface area contributed by atoms with E-state index in [4.69, 9.17) is 9.47 Å². The maximum absolute atomic E-state index is 11.0. The molecule has 1 fully saturated rings. The molecule has 0 spiro atoms. The van der Waals surface area contributed by atoms with Crippen molar-refractivity contribution < 1.29 is 14.3 Å². The molecule has 0 bridgehead atoms. The molecule has 1 aromatic rings. The van der Waals surface area contributed by atoms with Crippen LogP contribution in [-0.4, -0.2) is 36.8 Å². The second kappa shape index (κ2) is 7.46. The first kappa shape index (κ1) is 15.8. The highest BCUT2D eigenvalue weighted by molar-refractivity contribution is 9.10. The first-order valence-electron chi connectivity index (χ1n) is 6.18. The number of halogens is 1. The topological polar surface area (TPSA) is 72.3 Å². The van der Waals surface area contributed by atoms with E-state index in [1.807, 2.05) is 13.0 Å². The Morgan fingerprint density at radius 2 is 2.29 bits per heavy atom. The molecule has 1 aromatic carbocycles. The van der Waals surface area contributed by atoms with Gasteiger partial charge in [0.15, 0.2) is 16.7 Å². The van der Waals surface area contributed by atoms with E-state index in [0.29, 0.717) is 29.0 Å². The fraction of sp³-hybridized carbons (Fsp3) is 0.308. The number of carbonyl (C=O) groups excluding carboxylic acids is 1. The van der Waals surface area contributed by atoms with Gasteiger partial charge >= 0.3 is 0 Å². The number of benzene rings is 1. The third-order valence-corrected chi connectivity index (χ3v) is 4.06. The number of carbonyl (C=O) groups is 1. The Labute approximate surface area is 135 Å². The largest absolute Gasteiger partial charge is 0.493 e. The van der Waals surface area contributed by atoms with E-state index >= 15 is 0 Å². The summed E-state index contributed by atoms with van der Waals surface area (Å²) < 4.78 is 11.6. The zero-order valence-electron chi connectivity index (χ0n) is 11.6. The molecule has 1 amide bonds. The molecule has 8 heteroatoms. The van der Waals surface area contributed by atoms with Crippen molar-refractivity contribution in [2.45, 2.75) is 6.92 Å². The summed E-state index contributed by atoms with van der Waals surface area (Å²) in [4.78, 5) is 11.0. The maximum Gasteiger partial charge on any atom is 0.236 e. The van der Waals surface area contributed by atoms with Crippen molar-refractivity contribution in [1.29, 1.82) is 0 Å². The summed E-state index contributed by atoms with van der Waals surface area (Å²) in [5.74, 6) is 1.61. The summed E-state index contributed by atoms with van der Waals surface area (Å²) in [7, 11) is 1.58. The average Bonchev–Trinajstić information content (AvgIpc) is 2.87. The molecule has 1 N–H and O–H groups in total. The zero-order chi connectivity index (χ0) is 15.2. The number of amidine groups is 1. The van der Waals surface area contributed by atoms with E-state index in [2.05, 4.69) is 31.4 Å². The van der Waals surface area contributed by atoms with Gasteiger partial charge in [-0.1, -0.05) is 11.8 Å². The molecule has 0 unspecified atom stereocenters. The zero-order valence-corrected chi connectivity index (χ0v) is 14.0. The molecule has 1 aliphatic heterocycles. The lowest BCUT2D eigenvalue weighted by atomic mass is 10.2. The molecule has 0 aliphatic carbocycles. The van der Waals surface area contributed by atoms with Crippen molar-refractivity contribution in [3.8, 4) is 11.5 Å². The molecule has 0 radical (unpaired) electrons. The van der Waals surface area contributed by atoms with E-state index in [1.165, 1.54) is 11.8 Å². The molecule has 0 saturated carbocycles. The van der Waals surface area contributed by atoms with Gasteiger partial charge in [-0.05, 0) is 35.0 Å². The Kier molecular flexibility index (Phi) is 5.63. The predicted octanol–water partition coefficient (Wildman–Crippen LogP) is 2.41. The third-order valence-electron chi connectivity index (χ3n) is 2.51. The summed E-state index contributed by atoms with van der Waals surface area (Å²) >= 11 is 4.78. The number of ether oxygens (including phenoxy) is 2. The standard InChI is InChI=1S/C13H14BrN3O3S/c1-3-20-11-5-9(14)8(4-10(11)19-2)6-15-17-13-16-12(18)7-21-13/h4-6H,3,7H2,1-2H3,(H,16,17,18). The SMILES string of the molecule is CCOc1cc(Br)c(C=NN=C2NC(=O)CS2)cc1OC. The van der Waals surface area contributed by atoms with Crippen LogP contribution in [0.25, 0.3) is 0 Å². The summed E-state index contributed by atoms with van der Waals surface area (Å²) in [6, 6.07) is 3.63. The quantitative estimate of drug-likeness (QED) is 0.637. The van der Waals surface area contributed by atoms with Crippen molar-refractivity contribution in [2.24, 2.45) is 10.2 Å². The number of hydrogen-bond donors (Lipinski definition) is 1. The normalized spacial score (nSPS) is 16.5. The van der Waals surface area contributed by atoms with Crippen LogP contribution in [0.15, 0.2) is 26.8 Å². The number of hydrogen-bond acceptors (Lipinski definition) is 6. The lowest BCUT2D eigenvalue weighted by molar-refractivity contribution is -0.116. The van der Waals surface area contributed by atoms with Gasteiger partial charge in [0.05, 0.1) is 25.7 Å². The Bertz CT molecular complexity index is 605. The van der Waals surface area contributed by atoms with Crippen molar-refractivity contribution in [1.82, 2.24) is 5.32 Å². The molecule has 2 rings (SSSR count). The van der Waals surface area contributed by atoms with Gasteiger partial charge in [-0.25, -0.2) is 0 Å². The molecule has 0 aromatic heterocycles. The molecule has 6 nitrogen and oxygen atoms in total. The van der Waals surface area contributed by atoms with Gasteiger partial charge < -0.3 is 14.8 Å². The van der Waals surface area contributed by atoms with Gasteiger partial charge in [-0.2, -0.15) is 5.10 Å². The Balaban J connectivity index is 2.18. The smallest absolute Gasteiger partial charge is 0.236 e. The predicted molar refractivity (Wildman–Crippen MR) is 87.5 cm³/mol. The Morgan fingerprint density at radius 3 is 2.90 bits per heavy atom. The molecule has 1 saturated heterocycles. The average molecular weight is 372 g/mol. The molecule has 0 atom stereocenters. The van der Waals surface area contributed by atoms with Crippen molar-refractivity contribution in [3.05, 3.63) is 22.2 Å². The summed E-state index contributed by atoms with van der Waals surface area (Å²) in [6.45, 7) is 2.47. The molecule has 21 heavy (non-hydrogen) atoms. The van der Waals surface area contributed by atoms with E-state index in [-0.39, 0.29) is 5.91 Å². The molecule has 1 heterocycles. The fourth-order valence-corrected chi connectivity index (χ4v) is 2.66. The second-order valence-corrected chi connectivity index (χ2v) is 5.76. The number of thioether (sulfide) groups is 1. The monoisotopic (exact) mass is 371 g/mol. The van der Waals surface area contributed by atoms with Gasteiger partial charge in [-0.3, -0.25) is 4.79 Å². The van der Waals surface area contributed by atoms with Gasteiger partial charge in [0, 0.05) is 10.0 Å². The van der Waals surface area contributed by atoms with Crippen molar-refractivity contribution >= 4 is 45.0 Å². The van der Waals surface area contributed by atoms with Gasteiger partial charge in [0.2, 0.25) is 5.91 Å². The molecular weight excluding hydrogens is 358 g/mol. The summed E-state index contributed by atoms with van der Waals surface area (Å²) in [6.07, 6.45) is 1.58. The number of nitrogens with zero attached hydrogens (tertiary/aromatic N) is 2. The first-order valence-corrected chi connectivity index (χ1v) is 7.96. The minimum atomic E-state index is -0.0575. The van der Waals surface area contributed by atoms with Gasteiger partial charge in [-0.15, -0.1) is 5.10 Å². The van der Waals surface area contributed by atoms with Crippen LogP contribution in [0.3, 0.4) is 0 Å². The van der Waals surface area contributed by atoms with E-state index in [9.17, 15) is 4.79 Å². The van der Waals surface area contributed by atoms with E-state index < -0.39 is 0 Å². The van der Waals surface area contributed by atoms with Crippen LogP contribution in [0.5, 0.6) is 11.5 Å². The number of rotatable bonds is 5. The highest BCUT2D eigenvalue weighted by Crippen LogP contribution is 2.32. The van der Waals surface area contributed by atoms with Crippen LogP contribution in [0.2, 0.25) is 0 Å². The maximum atomic E-state index is 11.0. The van der Waals surface area contributed by atoms with Crippen LogP contribution in [0.4, 0.5) is 0 Å². The number of nitrogens with one attached hydrogen (secondary N) is 1. The first-order chi connectivity index (χ1) is 10.1. The minimum absolute atomic E-state index is 0.0575. The summed E-state index contributed by atoms with van der Waals surface area (Å²) in [5.41, 5.74) is 0.800. The number of methoxy groups -OCH3 is 1. The lowest BCUT2D eigenvalue weighted by Crippen LogP contribution is -2.19. The third kappa shape index (κ3) is 4.21. The lowest BCUT2D eigenvalue weighted by Gasteiger charge is -2.10. The number of amides is 1. The van der Waals surface area contributed by atoms with Crippen LogP contribution < -0.4 is 14.8 Å². The summed E-state index contributed by atoms with van der Waals surface area (Å²) in [5, 5.41) is 11.0. The van der Waals surface area contributed by atoms with Crippen LogP contribution in [-0.2, 0) is 4.79 Å². The van der Waals surface area contributed by atoms with E-state index in [0.717, 1.165) is 10.0 Å². The van der Waals surface area contributed by atoms with Crippen molar-refractivity contribution in [3.63, 3.8) is 0 Å².